The smallest absolute Gasteiger partial charge is 0.0526 e. The van der Waals surface area contributed by atoms with Crippen LogP contribution in [0.5, 0.6) is 0 Å². The molecule has 0 saturated carbocycles. The number of benzene rings is 1. The molecule has 16 heavy (non-hydrogen) atoms. The summed E-state index contributed by atoms with van der Waals surface area (Å²) in [6.45, 7) is 6.96. The summed E-state index contributed by atoms with van der Waals surface area (Å²) >= 11 is 0. The molecule has 0 aliphatic heterocycles. The van der Waals surface area contributed by atoms with Crippen LogP contribution in [0.3, 0.4) is 0 Å². The van der Waals surface area contributed by atoms with E-state index in [0.717, 1.165) is 11.1 Å². The first-order chi connectivity index (χ1) is 7.65. The summed E-state index contributed by atoms with van der Waals surface area (Å²) in [5.74, 6) is 0.913. The maximum Gasteiger partial charge on any atom is 0.0526 e. The van der Waals surface area contributed by atoms with Crippen molar-refractivity contribution in [1.29, 1.82) is 0 Å². The molecule has 0 saturated heterocycles. The molecule has 0 radical (unpaired) electrons. The van der Waals surface area contributed by atoms with E-state index >= 15 is 0 Å². The fraction of sp³-hybridized carbons (Fsp3) is 0.167. The molecule has 1 aromatic carbocycles. The summed E-state index contributed by atoms with van der Waals surface area (Å²) in [7, 11) is -2.07. The van der Waals surface area contributed by atoms with Gasteiger partial charge in [0.2, 0.25) is 0 Å². The topological polar surface area (TPSA) is 34.1 Å². The Balaban J connectivity index is 2.78. The Kier molecular flexibility index (Phi) is 5.35. The van der Waals surface area contributed by atoms with Crippen molar-refractivity contribution in [1.82, 2.24) is 0 Å². The van der Waals surface area contributed by atoms with E-state index in [0.29, 0.717) is 11.5 Å². The van der Waals surface area contributed by atoms with E-state index < -0.39 is 21.6 Å². The molecule has 0 aliphatic rings. The third-order valence-electron chi connectivity index (χ3n) is 1.98. The van der Waals surface area contributed by atoms with Crippen LogP contribution in [0.1, 0.15) is 11.1 Å². The van der Waals surface area contributed by atoms with Crippen LogP contribution in [0.15, 0.2) is 48.2 Å². The molecule has 0 bridgehead atoms. The Morgan fingerprint density at radius 2 is 1.44 bits per heavy atom. The lowest BCUT2D eigenvalue weighted by molar-refractivity contribution is 0.687. The van der Waals surface area contributed by atoms with E-state index in [1.807, 2.05) is 24.3 Å². The number of hydrogen-bond acceptors (Lipinski definition) is 2. The zero-order chi connectivity index (χ0) is 12.0. The van der Waals surface area contributed by atoms with Gasteiger partial charge in [-0.3, -0.25) is 8.42 Å². The molecular formula is C12H14O2S2. The Morgan fingerprint density at radius 3 is 1.81 bits per heavy atom. The van der Waals surface area contributed by atoms with Gasteiger partial charge < -0.3 is 0 Å². The minimum absolute atomic E-state index is 0.456. The Morgan fingerprint density at radius 1 is 1.00 bits per heavy atom. The average Bonchev–Trinajstić information content (AvgIpc) is 2.29. The molecule has 4 heteroatoms. The van der Waals surface area contributed by atoms with Crippen LogP contribution >= 0.6 is 0 Å². The summed E-state index contributed by atoms with van der Waals surface area (Å²) in [5.41, 5.74) is 1.94. The van der Waals surface area contributed by atoms with Crippen molar-refractivity contribution in [2.45, 2.75) is 11.5 Å². The highest BCUT2D eigenvalue weighted by Gasteiger charge is 2.01. The molecule has 0 N–H and O–H groups in total. The third kappa shape index (κ3) is 4.24. The number of rotatable bonds is 6. The Hall–Kier alpha value is -1.00. The maximum absolute atomic E-state index is 11.3. The molecule has 86 valence electrons. The first-order valence-corrected chi connectivity index (χ1v) is 7.49. The predicted octanol–water partition coefficient (Wildman–Crippen LogP) is 2.47. The van der Waals surface area contributed by atoms with Crippen molar-refractivity contribution in [2.24, 2.45) is 0 Å². The van der Waals surface area contributed by atoms with Gasteiger partial charge in [0.15, 0.2) is 0 Å². The first kappa shape index (κ1) is 13.1. The molecule has 1 aromatic rings. The zero-order valence-corrected chi connectivity index (χ0v) is 10.6. The van der Waals surface area contributed by atoms with E-state index in [1.54, 1.807) is 0 Å². The third-order valence-corrected chi connectivity index (χ3v) is 3.96. The molecule has 1 rings (SSSR count). The van der Waals surface area contributed by atoms with E-state index in [4.69, 9.17) is 0 Å². The summed E-state index contributed by atoms with van der Waals surface area (Å²) in [6.07, 6.45) is 0. The second-order valence-corrected chi connectivity index (χ2v) is 5.97. The SMILES string of the molecule is C=CS(=O)Cc1cccc(CS(=O)C=C)c1. The minimum Gasteiger partial charge on any atom is -0.255 e. The lowest BCUT2D eigenvalue weighted by atomic mass is 10.2. The van der Waals surface area contributed by atoms with Gasteiger partial charge in [0.1, 0.15) is 0 Å². The van der Waals surface area contributed by atoms with E-state index in [1.165, 1.54) is 10.8 Å². The van der Waals surface area contributed by atoms with Crippen molar-refractivity contribution in [2.75, 3.05) is 0 Å². The molecule has 0 spiro atoms. The Bertz CT molecular complexity index is 401. The van der Waals surface area contributed by atoms with Crippen molar-refractivity contribution in [3.63, 3.8) is 0 Å². The van der Waals surface area contributed by atoms with Crippen molar-refractivity contribution < 1.29 is 8.42 Å². The van der Waals surface area contributed by atoms with E-state index in [9.17, 15) is 8.42 Å². The molecule has 0 aromatic heterocycles. The summed E-state index contributed by atoms with van der Waals surface area (Å²) in [5, 5.41) is 2.85. The highest BCUT2D eigenvalue weighted by molar-refractivity contribution is 7.87. The summed E-state index contributed by atoms with van der Waals surface area (Å²) in [4.78, 5) is 0. The standard InChI is InChI=1S/C12H14O2S2/c1-3-15(13)9-11-6-5-7-12(8-11)10-16(14)4-2/h3-8H,1-2,9-10H2. The summed E-state index contributed by atoms with van der Waals surface area (Å²) in [6, 6.07) is 7.61. The molecule has 0 aliphatic carbocycles. The average molecular weight is 254 g/mol. The van der Waals surface area contributed by atoms with Crippen LogP contribution < -0.4 is 0 Å². The second kappa shape index (κ2) is 6.55. The van der Waals surface area contributed by atoms with Gasteiger partial charge in [0.05, 0.1) is 11.5 Å². The first-order valence-electron chi connectivity index (χ1n) is 4.73. The van der Waals surface area contributed by atoms with Gasteiger partial charge in [-0.1, -0.05) is 37.4 Å². The van der Waals surface area contributed by atoms with Crippen molar-refractivity contribution in [3.8, 4) is 0 Å². The largest absolute Gasteiger partial charge is 0.255 e. The molecular weight excluding hydrogens is 240 g/mol. The van der Waals surface area contributed by atoms with Crippen LogP contribution in [0.2, 0.25) is 0 Å². The lowest BCUT2D eigenvalue weighted by Gasteiger charge is -2.02. The monoisotopic (exact) mass is 254 g/mol. The van der Waals surface area contributed by atoms with Crippen LogP contribution in [0, 0.1) is 0 Å². The van der Waals surface area contributed by atoms with Crippen LogP contribution in [0.4, 0.5) is 0 Å². The van der Waals surface area contributed by atoms with Crippen LogP contribution in [-0.4, -0.2) is 8.42 Å². The minimum atomic E-state index is -1.03. The van der Waals surface area contributed by atoms with Crippen LogP contribution in [-0.2, 0) is 33.1 Å². The van der Waals surface area contributed by atoms with Gasteiger partial charge in [-0.2, -0.15) is 0 Å². The van der Waals surface area contributed by atoms with Crippen molar-refractivity contribution in [3.05, 3.63) is 59.4 Å². The molecule has 2 unspecified atom stereocenters. The van der Waals surface area contributed by atoms with Gasteiger partial charge in [-0.05, 0) is 21.9 Å². The molecule has 2 nitrogen and oxygen atoms in total. The fourth-order valence-corrected chi connectivity index (χ4v) is 2.51. The zero-order valence-electron chi connectivity index (χ0n) is 8.93. The predicted molar refractivity (Wildman–Crippen MR) is 70.5 cm³/mol. The molecule has 2 atom stereocenters. The van der Waals surface area contributed by atoms with Gasteiger partial charge in [0.25, 0.3) is 0 Å². The van der Waals surface area contributed by atoms with Gasteiger partial charge >= 0.3 is 0 Å². The quantitative estimate of drug-likeness (QED) is 0.781. The van der Waals surface area contributed by atoms with Crippen LogP contribution in [0.25, 0.3) is 0 Å². The van der Waals surface area contributed by atoms with E-state index in [-0.39, 0.29) is 0 Å². The molecule has 0 fully saturated rings. The van der Waals surface area contributed by atoms with Gasteiger partial charge in [0, 0.05) is 21.6 Å². The second-order valence-electron chi connectivity index (χ2n) is 3.20. The van der Waals surface area contributed by atoms with Gasteiger partial charge in [-0.15, -0.1) is 0 Å². The van der Waals surface area contributed by atoms with E-state index in [2.05, 4.69) is 13.2 Å². The van der Waals surface area contributed by atoms with Crippen molar-refractivity contribution >= 4 is 21.6 Å². The molecule has 0 heterocycles. The van der Waals surface area contributed by atoms with Gasteiger partial charge in [-0.25, -0.2) is 0 Å². The maximum atomic E-state index is 11.3. The number of hydrogen-bond donors (Lipinski definition) is 0. The fourth-order valence-electron chi connectivity index (χ4n) is 1.26. The Labute approximate surface area is 101 Å². The summed E-state index contributed by atoms with van der Waals surface area (Å²) < 4.78 is 22.6. The highest BCUT2D eigenvalue weighted by atomic mass is 32.2. The highest BCUT2D eigenvalue weighted by Crippen LogP contribution is 2.10. The lowest BCUT2D eigenvalue weighted by Crippen LogP contribution is -1.95. The molecule has 0 amide bonds. The normalized spacial score (nSPS) is 14.0.